The number of phenols is 1. The quantitative estimate of drug-likeness (QED) is 0.771. The predicted octanol–water partition coefficient (Wildman–Crippen LogP) is 1.59. The fourth-order valence-corrected chi connectivity index (χ4v) is 1.26. The molecule has 96 valence electrons. The molecule has 1 aromatic rings. The number of carbonyl (C=O) groups is 1. The molecule has 0 radical (unpaired) electrons. The van der Waals surface area contributed by atoms with Crippen molar-refractivity contribution in [3.05, 3.63) is 29.3 Å². The minimum Gasteiger partial charge on any atom is -0.507 e. The van der Waals surface area contributed by atoms with Crippen LogP contribution >= 0.6 is 12.4 Å². The van der Waals surface area contributed by atoms with Crippen LogP contribution in [-0.4, -0.2) is 23.1 Å². The third-order valence-electron chi connectivity index (χ3n) is 2.36. The van der Waals surface area contributed by atoms with Crippen LogP contribution < -0.4 is 11.1 Å². The summed E-state index contributed by atoms with van der Waals surface area (Å²) in [6, 6.07) is 4.91. The number of nitrogens with one attached hydrogen (secondary N) is 1. The van der Waals surface area contributed by atoms with E-state index in [1.807, 2.05) is 20.8 Å². The Labute approximate surface area is 108 Å². The van der Waals surface area contributed by atoms with E-state index in [0.717, 1.165) is 5.56 Å². The average molecular weight is 259 g/mol. The van der Waals surface area contributed by atoms with E-state index in [-0.39, 0.29) is 29.6 Å². The number of rotatable bonds is 3. The summed E-state index contributed by atoms with van der Waals surface area (Å²) in [5, 5.41) is 12.3. The van der Waals surface area contributed by atoms with E-state index in [0.29, 0.717) is 6.54 Å². The van der Waals surface area contributed by atoms with Crippen molar-refractivity contribution in [3.8, 4) is 5.75 Å². The number of hydrogen-bond donors (Lipinski definition) is 3. The van der Waals surface area contributed by atoms with E-state index >= 15 is 0 Å². The number of hydrogen-bond acceptors (Lipinski definition) is 3. The van der Waals surface area contributed by atoms with Gasteiger partial charge in [0.05, 0.1) is 5.56 Å². The van der Waals surface area contributed by atoms with Gasteiger partial charge in [0.15, 0.2) is 0 Å². The van der Waals surface area contributed by atoms with Gasteiger partial charge in [-0.3, -0.25) is 4.79 Å². The summed E-state index contributed by atoms with van der Waals surface area (Å²) in [6.45, 7) is 5.87. The maximum absolute atomic E-state index is 11.9. The molecule has 1 aromatic carbocycles. The number of aryl methyl sites for hydroxylation is 1. The van der Waals surface area contributed by atoms with Gasteiger partial charge in [-0.05, 0) is 32.9 Å². The minimum absolute atomic E-state index is 0. The first kappa shape index (κ1) is 15.7. The van der Waals surface area contributed by atoms with Crippen molar-refractivity contribution in [2.45, 2.75) is 26.3 Å². The van der Waals surface area contributed by atoms with Crippen molar-refractivity contribution in [2.75, 3.05) is 6.54 Å². The molecule has 0 saturated heterocycles. The summed E-state index contributed by atoms with van der Waals surface area (Å²) in [4.78, 5) is 11.9. The standard InChI is InChI=1S/C12H18N2O2.ClH/c1-8-4-5-10(15)9(6-8)11(16)14-12(2,3)7-13;/h4-6,15H,7,13H2,1-3H3,(H,14,16);1H. The Kier molecular flexibility index (Phi) is 5.45. The van der Waals surface area contributed by atoms with Crippen LogP contribution in [-0.2, 0) is 0 Å². The highest BCUT2D eigenvalue weighted by atomic mass is 35.5. The Morgan fingerprint density at radius 1 is 1.47 bits per heavy atom. The first-order valence-electron chi connectivity index (χ1n) is 5.18. The van der Waals surface area contributed by atoms with Crippen molar-refractivity contribution in [2.24, 2.45) is 5.73 Å². The van der Waals surface area contributed by atoms with Crippen molar-refractivity contribution >= 4 is 18.3 Å². The van der Waals surface area contributed by atoms with Gasteiger partial charge < -0.3 is 16.2 Å². The Hall–Kier alpha value is -1.26. The summed E-state index contributed by atoms with van der Waals surface area (Å²) >= 11 is 0. The fraction of sp³-hybridized carbons (Fsp3) is 0.417. The van der Waals surface area contributed by atoms with E-state index < -0.39 is 5.54 Å². The van der Waals surface area contributed by atoms with E-state index in [4.69, 9.17) is 5.73 Å². The first-order valence-corrected chi connectivity index (χ1v) is 5.18. The van der Waals surface area contributed by atoms with Crippen molar-refractivity contribution < 1.29 is 9.90 Å². The number of phenolic OH excluding ortho intramolecular Hbond substituents is 1. The lowest BCUT2D eigenvalue weighted by Crippen LogP contribution is -2.48. The molecule has 0 atom stereocenters. The normalized spacial score (nSPS) is 10.6. The molecule has 0 unspecified atom stereocenters. The van der Waals surface area contributed by atoms with Crippen LogP contribution in [0.5, 0.6) is 5.75 Å². The topological polar surface area (TPSA) is 75.3 Å². The van der Waals surface area contributed by atoms with Crippen LogP contribution in [0.4, 0.5) is 0 Å². The molecule has 0 aliphatic heterocycles. The molecule has 0 aliphatic carbocycles. The molecule has 0 saturated carbocycles. The summed E-state index contributed by atoms with van der Waals surface area (Å²) in [5.74, 6) is -0.326. The van der Waals surface area contributed by atoms with Crippen LogP contribution in [0.15, 0.2) is 18.2 Å². The molecule has 0 aliphatic rings. The van der Waals surface area contributed by atoms with Gasteiger partial charge in [-0.2, -0.15) is 0 Å². The average Bonchev–Trinajstić information content (AvgIpc) is 2.21. The summed E-state index contributed by atoms with van der Waals surface area (Å²) in [7, 11) is 0. The van der Waals surface area contributed by atoms with Gasteiger partial charge >= 0.3 is 0 Å². The Bertz CT molecular complexity index is 405. The van der Waals surface area contributed by atoms with Crippen molar-refractivity contribution in [1.29, 1.82) is 0 Å². The summed E-state index contributed by atoms with van der Waals surface area (Å²) in [6.07, 6.45) is 0. The molecule has 4 nitrogen and oxygen atoms in total. The third kappa shape index (κ3) is 4.24. The highest BCUT2D eigenvalue weighted by Crippen LogP contribution is 2.18. The molecule has 1 amide bonds. The summed E-state index contributed by atoms with van der Waals surface area (Å²) in [5.41, 5.74) is 6.25. The molecule has 0 bridgehead atoms. The van der Waals surface area contributed by atoms with Crippen LogP contribution in [0, 0.1) is 6.92 Å². The van der Waals surface area contributed by atoms with Crippen LogP contribution in [0.2, 0.25) is 0 Å². The van der Waals surface area contributed by atoms with E-state index in [1.165, 1.54) is 6.07 Å². The van der Waals surface area contributed by atoms with Crippen molar-refractivity contribution in [3.63, 3.8) is 0 Å². The molecule has 4 N–H and O–H groups in total. The van der Waals surface area contributed by atoms with Gasteiger partial charge in [-0.1, -0.05) is 11.6 Å². The lowest BCUT2D eigenvalue weighted by molar-refractivity contribution is 0.0913. The number of benzene rings is 1. The molecule has 1 rings (SSSR count). The monoisotopic (exact) mass is 258 g/mol. The van der Waals surface area contributed by atoms with E-state index in [1.54, 1.807) is 12.1 Å². The van der Waals surface area contributed by atoms with Crippen LogP contribution in [0.3, 0.4) is 0 Å². The molecule has 5 heteroatoms. The third-order valence-corrected chi connectivity index (χ3v) is 2.36. The van der Waals surface area contributed by atoms with Gasteiger partial charge in [-0.25, -0.2) is 0 Å². The van der Waals surface area contributed by atoms with Gasteiger partial charge in [-0.15, -0.1) is 12.4 Å². The van der Waals surface area contributed by atoms with Gasteiger partial charge in [0.2, 0.25) is 0 Å². The minimum atomic E-state index is -0.479. The zero-order valence-corrected chi connectivity index (χ0v) is 11.1. The molecule has 0 aromatic heterocycles. The SMILES string of the molecule is Cc1ccc(O)c(C(=O)NC(C)(C)CN)c1.Cl. The first-order chi connectivity index (χ1) is 7.35. The number of nitrogens with two attached hydrogens (primary N) is 1. The maximum atomic E-state index is 11.9. The second kappa shape index (κ2) is 5.89. The number of halogens is 1. The highest BCUT2D eigenvalue weighted by molar-refractivity contribution is 5.97. The lowest BCUT2D eigenvalue weighted by atomic mass is 10.0. The maximum Gasteiger partial charge on any atom is 0.255 e. The molecular weight excluding hydrogens is 240 g/mol. The lowest BCUT2D eigenvalue weighted by Gasteiger charge is -2.24. The predicted molar refractivity (Wildman–Crippen MR) is 70.7 cm³/mol. The Morgan fingerprint density at radius 2 is 2.06 bits per heavy atom. The number of amides is 1. The van der Waals surface area contributed by atoms with E-state index in [9.17, 15) is 9.90 Å². The molecule has 0 fully saturated rings. The van der Waals surface area contributed by atoms with Gasteiger partial charge in [0, 0.05) is 12.1 Å². The highest BCUT2D eigenvalue weighted by Gasteiger charge is 2.20. The Morgan fingerprint density at radius 3 is 2.59 bits per heavy atom. The number of aromatic hydroxyl groups is 1. The zero-order chi connectivity index (χ0) is 12.3. The second-order valence-corrected chi connectivity index (χ2v) is 4.56. The largest absolute Gasteiger partial charge is 0.507 e. The summed E-state index contributed by atoms with van der Waals surface area (Å²) < 4.78 is 0. The van der Waals surface area contributed by atoms with Crippen LogP contribution in [0.25, 0.3) is 0 Å². The second-order valence-electron chi connectivity index (χ2n) is 4.56. The molecule has 0 heterocycles. The Balaban J connectivity index is 0.00000256. The van der Waals surface area contributed by atoms with Crippen LogP contribution in [0.1, 0.15) is 29.8 Å². The van der Waals surface area contributed by atoms with Gasteiger partial charge in [0.25, 0.3) is 5.91 Å². The molecule has 17 heavy (non-hydrogen) atoms. The molecular formula is C12H19ClN2O2. The number of carbonyl (C=O) groups excluding carboxylic acids is 1. The smallest absolute Gasteiger partial charge is 0.255 e. The van der Waals surface area contributed by atoms with Crippen molar-refractivity contribution in [1.82, 2.24) is 5.32 Å². The van der Waals surface area contributed by atoms with E-state index in [2.05, 4.69) is 5.32 Å². The molecule has 0 spiro atoms. The fourth-order valence-electron chi connectivity index (χ4n) is 1.26. The zero-order valence-electron chi connectivity index (χ0n) is 10.3. The van der Waals surface area contributed by atoms with Gasteiger partial charge in [0.1, 0.15) is 5.75 Å².